The average Bonchev–Trinajstić information content (AvgIpc) is 3.14. The number of fused-ring (bicyclic) bond motifs is 1. The number of piperidine rings is 1. The van der Waals surface area contributed by atoms with Crippen molar-refractivity contribution in [1.29, 1.82) is 0 Å². The lowest BCUT2D eigenvalue weighted by molar-refractivity contribution is 0.174. The van der Waals surface area contributed by atoms with Gasteiger partial charge >= 0.3 is 0 Å². The molecule has 1 saturated heterocycles. The van der Waals surface area contributed by atoms with Gasteiger partial charge in [0.15, 0.2) is 11.5 Å². The Morgan fingerprint density at radius 1 is 1.25 bits per heavy atom. The third-order valence-electron chi connectivity index (χ3n) is 4.36. The molecule has 24 heavy (non-hydrogen) atoms. The molecule has 0 unspecified atom stereocenters. The number of hydrogen-bond acceptors (Lipinski definition) is 4. The van der Waals surface area contributed by atoms with Gasteiger partial charge in [-0.25, -0.2) is 4.98 Å². The summed E-state index contributed by atoms with van der Waals surface area (Å²) in [7, 11) is 0. The summed E-state index contributed by atoms with van der Waals surface area (Å²) in [6.07, 6.45) is 6.06. The van der Waals surface area contributed by atoms with E-state index in [4.69, 9.17) is 21.1 Å². The monoisotopic (exact) mass is 391 g/mol. The number of aromatic nitrogens is 2. The van der Waals surface area contributed by atoms with Crippen LogP contribution in [0.4, 0.5) is 0 Å². The summed E-state index contributed by atoms with van der Waals surface area (Å²) < 4.78 is 13.1. The van der Waals surface area contributed by atoms with Crippen molar-refractivity contribution in [1.82, 2.24) is 14.9 Å². The van der Waals surface area contributed by atoms with Gasteiger partial charge in [0.25, 0.3) is 0 Å². The molecule has 0 amide bonds. The van der Waals surface area contributed by atoms with Crippen molar-refractivity contribution < 1.29 is 9.47 Å². The number of hydrogen-bond donors (Lipinski definition) is 1. The molecule has 0 radical (unpaired) electrons. The Bertz CT molecular complexity index is 708. The first-order chi connectivity index (χ1) is 10.7. The molecule has 2 aliphatic heterocycles. The van der Waals surface area contributed by atoms with Gasteiger partial charge in [0.1, 0.15) is 5.82 Å². The van der Waals surface area contributed by atoms with E-state index in [1.54, 1.807) is 0 Å². The molecule has 2 aliphatic rings. The second-order valence-electron chi connectivity index (χ2n) is 5.88. The van der Waals surface area contributed by atoms with Crippen LogP contribution in [0.3, 0.4) is 0 Å². The maximum atomic E-state index is 6.44. The Hall–Kier alpha value is -1.14. The summed E-state index contributed by atoms with van der Waals surface area (Å²) in [5.41, 5.74) is 0.891. The SMILES string of the molecule is C[C@@H]1C[C@H](n2ccnc2-c2cc3c(cc2Cl)OCO3)CCN1.Cl.Cl. The predicted octanol–water partition coefficient (Wildman–Crippen LogP) is 4.09. The van der Waals surface area contributed by atoms with Crippen LogP contribution in [-0.4, -0.2) is 28.9 Å². The largest absolute Gasteiger partial charge is 0.454 e. The van der Waals surface area contributed by atoms with Gasteiger partial charge in [0.2, 0.25) is 6.79 Å². The van der Waals surface area contributed by atoms with Gasteiger partial charge in [0.05, 0.1) is 5.02 Å². The average molecular weight is 393 g/mol. The molecule has 5 nitrogen and oxygen atoms in total. The fourth-order valence-electron chi connectivity index (χ4n) is 3.26. The molecule has 3 heterocycles. The van der Waals surface area contributed by atoms with Crippen molar-refractivity contribution in [2.24, 2.45) is 0 Å². The van der Waals surface area contributed by atoms with Gasteiger partial charge in [-0.15, -0.1) is 24.8 Å². The molecule has 0 bridgehead atoms. The van der Waals surface area contributed by atoms with E-state index in [0.717, 1.165) is 36.5 Å². The fourth-order valence-corrected chi connectivity index (χ4v) is 3.50. The zero-order chi connectivity index (χ0) is 15.1. The van der Waals surface area contributed by atoms with Gasteiger partial charge in [-0.3, -0.25) is 0 Å². The van der Waals surface area contributed by atoms with Crippen molar-refractivity contribution >= 4 is 36.4 Å². The zero-order valence-electron chi connectivity index (χ0n) is 13.2. The third kappa shape index (κ3) is 3.45. The zero-order valence-corrected chi connectivity index (χ0v) is 15.6. The first-order valence-corrected chi connectivity index (χ1v) is 7.96. The van der Waals surface area contributed by atoms with Gasteiger partial charge in [-0.05, 0) is 32.4 Å². The van der Waals surface area contributed by atoms with E-state index in [1.165, 1.54) is 0 Å². The Morgan fingerprint density at radius 2 is 2.00 bits per heavy atom. The Kier molecular flexibility index (Phi) is 6.26. The van der Waals surface area contributed by atoms with Crippen LogP contribution in [-0.2, 0) is 0 Å². The molecule has 2 aromatic rings. The highest BCUT2D eigenvalue weighted by atomic mass is 35.5. The lowest BCUT2D eigenvalue weighted by atomic mass is 10.00. The first-order valence-electron chi connectivity index (χ1n) is 7.58. The maximum Gasteiger partial charge on any atom is 0.231 e. The first kappa shape index (κ1) is 19.2. The molecule has 4 rings (SSSR count). The molecule has 1 N–H and O–H groups in total. The van der Waals surface area contributed by atoms with Crippen LogP contribution in [0.25, 0.3) is 11.4 Å². The van der Waals surface area contributed by atoms with Crippen molar-refractivity contribution in [3.05, 3.63) is 29.5 Å². The van der Waals surface area contributed by atoms with Gasteiger partial charge in [0, 0.05) is 36.1 Å². The van der Waals surface area contributed by atoms with Crippen LogP contribution in [0.15, 0.2) is 24.5 Å². The minimum absolute atomic E-state index is 0. The van der Waals surface area contributed by atoms with E-state index in [1.807, 2.05) is 24.5 Å². The van der Waals surface area contributed by atoms with E-state index >= 15 is 0 Å². The smallest absolute Gasteiger partial charge is 0.231 e. The van der Waals surface area contributed by atoms with Crippen LogP contribution >= 0.6 is 36.4 Å². The molecular weight excluding hydrogens is 373 g/mol. The second kappa shape index (κ2) is 7.83. The third-order valence-corrected chi connectivity index (χ3v) is 4.67. The van der Waals surface area contributed by atoms with Crippen LogP contribution in [0, 0.1) is 0 Å². The minimum Gasteiger partial charge on any atom is -0.454 e. The molecule has 2 atom stereocenters. The normalized spacial score (nSPS) is 21.8. The molecule has 1 aromatic heterocycles. The van der Waals surface area contributed by atoms with E-state index in [9.17, 15) is 0 Å². The predicted molar refractivity (Wildman–Crippen MR) is 99.0 cm³/mol. The van der Waals surface area contributed by atoms with E-state index in [2.05, 4.69) is 21.8 Å². The van der Waals surface area contributed by atoms with Gasteiger partial charge in [-0.1, -0.05) is 11.6 Å². The lowest BCUT2D eigenvalue weighted by Crippen LogP contribution is -2.36. The number of nitrogens with zero attached hydrogens (tertiary/aromatic N) is 2. The van der Waals surface area contributed by atoms with Gasteiger partial charge < -0.3 is 19.4 Å². The van der Waals surface area contributed by atoms with E-state index in [0.29, 0.717) is 22.9 Å². The van der Waals surface area contributed by atoms with Crippen LogP contribution in [0.2, 0.25) is 5.02 Å². The topological polar surface area (TPSA) is 48.3 Å². The highest BCUT2D eigenvalue weighted by Gasteiger charge is 2.24. The highest BCUT2D eigenvalue weighted by molar-refractivity contribution is 6.33. The summed E-state index contributed by atoms with van der Waals surface area (Å²) in [6.45, 7) is 3.49. The molecule has 0 saturated carbocycles. The highest BCUT2D eigenvalue weighted by Crippen LogP contribution is 2.41. The Labute approximate surface area is 158 Å². The van der Waals surface area contributed by atoms with Crippen LogP contribution in [0.1, 0.15) is 25.8 Å². The van der Waals surface area contributed by atoms with Crippen LogP contribution < -0.4 is 14.8 Å². The van der Waals surface area contributed by atoms with Crippen molar-refractivity contribution in [3.8, 4) is 22.9 Å². The number of nitrogens with one attached hydrogen (secondary N) is 1. The molecule has 1 fully saturated rings. The molecule has 0 spiro atoms. The standard InChI is InChI=1S/C16H18ClN3O2.2ClH/c1-10-6-11(2-3-18-10)20-5-4-19-16(20)12-7-14-15(8-13(12)17)22-9-21-14;;/h4-5,7-8,10-11,18H,2-3,6,9H2,1H3;2*1H/t10-,11-;;/m1../s1. The maximum absolute atomic E-state index is 6.44. The molecule has 1 aromatic carbocycles. The minimum atomic E-state index is 0. The molecule has 8 heteroatoms. The van der Waals surface area contributed by atoms with E-state index < -0.39 is 0 Å². The summed E-state index contributed by atoms with van der Waals surface area (Å²) in [6, 6.07) is 4.69. The number of imidazole rings is 1. The van der Waals surface area contributed by atoms with Crippen molar-refractivity contribution in [2.75, 3.05) is 13.3 Å². The molecular formula is C16H20Cl3N3O2. The number of ether oxygens (including phenoxy) is 2. The summed E-state index contributed by atoms with van der Waals surface area (Å²) >= 11 is 6.44. The Balaban J connectivity index is 0.00000104. The summed E-state index contributed by atoms with van der Waals surface area (Å²) in [5.74, 6) is 2.32. The molecule has 0 aliphatic carbocycles. The lowest BCUT2D eigenvalue weighted by Gasteiger charge is -2.30. The number of halogens is 3. The van der Waals surface area contributed by atoms with Gasteiger partial charge in [-0.2, -0.15) is 0 Å². The number of rotatable bonds is 2. The number of benzene rings is 1. The fraction of sp³-hybridized carbons (Fsp3) is 0.438. The summed E-state index contributed by atoms with van der Waals surface area (Å²) in [4.78, 5) is 4.53. The molecule has 132 valence electrons. The Morgan fingerprint density at radius 3 is 2.75 bits per heavy atom. The second-order valence-corrected chi connectivity index (χ2v) is 6.28. The summed E-state index contributed by atoms with van der Waals surface area (Å²) in [5, 5.41) is 4.12. The van der Waals surface area contributed by atoms with Crippen molar-refractivity contribution in [2.45, 2.75) is 31.8 Å². The van der Waals surface area contributed by atoms with Crippen molar-refractivity contribution in [3.63, 3.8) is 0 Å². The quantitative estimate of drug-likeness (QED) is 0.836. The van der Waals surface area contributed by atoms with Crippen LogP contribution in [0.5, 0.6) is 11.5 Å². The van der Waals surface area contributed by atoms with E-state index in [-0.39, 0.29) is 31.6 Å².